The van der Waals surface area contributed by atoms with Crippen LogP contribution in [0.5, 0.6) is 5.75 Å². The average molecular weight is 207 g/mol. The van der Waals surface area contributed by atoms with Crippen LogP contribution in [-0.2, 0) is 11.2 Å². The number of carbonyl (C=O) groups is 1. The summed E-state index contributed by atoms with van der Waals surface area (Å²) in [6.07, 6.45) is 2.13. The van der Waals surface area contributed by atoms with E-state index in [2.05, 4.69) is 5.32 Å². The molecule has 1 heterocycles. The van der Waals surface area contributed by atoms with Gasteiger partial charge in [0, 0.05) is 6.54 Å². The van der Waals surface area contributed by atoms with Crippen molar-refractivity contribution in [3.05, 3.63) is 23.8 Å². The number of aryl methyl sites for hydroxylation is 1. The monoisotopic (exact) mass is 207 g/mol. The first-order chi connectivity index (χ1) is 7.27. The van der Waals surface area contributed by atoms with E-state index in [4.69, 9.17) is 9.84 Å². The Kier molecular flexibility index (Phi) is 2.76. The van der Waals surface area contributed by atoms with Gasteiger partial charge in [0.2, 0.25) is 0 Å². The minimum atomic E-state index is -0.955. The number of anilines is 1. The highest BCUT2D eigenvalue weighted by atomic mass is 16.5. The number of rotatable bonds is 3. The Balaban J connectivity index is 2.19. The molecule has 80 valence electrons. The molecule has 0 amide bonds. The molecule has 0 atom stereocenters. The molecule has 2 rings (SSSR count). The summed E-state index contributed by atoms with van der Waals surface area (Å²) >= 11 is 0. The number of nitrogens with one attached hydrogen (secondary N) is 1. The molecule has 0 fully saturated rings. The highest BCUT2D eigenvalue weighted by Crippen LogP contribution is 2.31. The van der Waals surface area contributed by atoms with Crippen LogP contribution in [0, 0.1) is 0 Å². The van der Waals surface area contributed by atoms with Gasteiger partial charge in [-0.1, -0.05) is 12.1 Å². The summed E-state index contributed by atoms with van der Waals surface area (Å²) in [7, 11) is 0. The van der Waals surface area contributed by atoms with Gasteiger partial charge in [-0.15, -0.1) is 0 Å². The van der Waals surface area contributed by atoms with Gasteiger partial charge in [0.1, 0.15) is 5.75 Å². The van der Waals surface area contributed by atoms with Crippen LogP contribution in [0.1, 0.15) is 12.0 Å². The zero-order chi connectivity index (χ0) is 10.7. The maximum atomic E-state index is 10.4. The standard InChI is InChI=1S/C11H13NO3/c13-10(14)7-15-9-5-1-3-8-4-2-6-12-11(8)9/h1,3,5,12H,2,4,6-7H2,(H,13,14). The highest BCUT2D eigenvalue weighted by molar-refractivity contribution is 5.70. The van der Waals surface area contributed by atoms with E-state index in [1.165, 1.54) is 5.56 Å². The zero-order valence-corrected chi connectivity index (χ0v) is 8.32. The van der Waals surface area contributed by atoms with Crippen molar-refractivity contribution in [1.82, 2.24) is 0 Å². The van der Waals surface area contributed by atoms with Crippen LogP contribution >= 0.6 is 0 Å². The van der Waals surface area contributed by atoms with Gasteiger partial charge in [-0.3, -0.25) is 0 Å². The SMILES string of the molecule is O=C(O)COc1cccc2c1NCCC2. The molecule has 0 aliphatic carbocycles. The van der Waals surface area contributed by atoms with Crippen molar-refractivity contribution in [2.75, 3.05) is 18.5 Å². The minimum absolute atomic E-state index is 0.294. The lowest BCUT2D eigenvalue weighted by molar-refractivity contribution is -0.139. The number of para-hydroxylation sites is 1. The van der Waals surface area contributed by atoms with E-state index in [-0.39, 0.29) is 6.61 Å². The van der Waals surface area contributed by atoms with Crippen LogP contribution < -0.4 is 10.1 Å². The lowest BCUT2D eigenvalue weighted by Gasteiger charge is -2.20. The van der Waals surface area contributed by atoms with Crippen LogP contribution in [0.2, 0.25) is 0 Å². The molecule has 1 aliphatic heterocycles. The maximum absolute atomic E-state index is 10.4. The van der Waals surface area contributed by atoms with Crippen molar-refractivity contribution in [2.45, 2.75) is 12.8 Å². The highest BCUT2D eigenvalue weighted by Gasteiger charge is 2.13. The third kappa shape index (κ3) is 2.21. The van der Waals surface area contributed by atoms with Crippen LogP contribution in [0.25, 0.3) is 0 Å². The number of ether oxygens (including phenoxy) is 1. The van der Waals surface area contributed by atoms with E-state index in [0.717, 1.165) is 25.1 Å². The number of carboxylic acids is 1. The maximum Gasteiger partial charge on any atom is 0.341 e. The van der Waals surface area contributed by atoms with Crippen LogP contribution in [0.3, 0.4) is 0 Å². The molecule has 0 radical (unpaired) electrons. The topological polar surface area (TPSA) is 58.6 Å². The summed E-state index contributed by atoms with van der Waals surface area (Å²) in [5.74, 6) is -0.321. The Hall–Kier alpha value is -1.71. The number of fused-ring (bicyclic) bond motifs is 1. The van der Waals surface area contributed by atoms with Crippen LogP contribution in [-0.4, -0.2) is 24.2 Å². The number of benzene rings is 1. The molecule has 1 aromatic carbocycles. The smallest absolute Gasteiger partial charge is 0.341 e. The molecular formula is C11H13NO3. The first-order valence-electron chi connectivity index (χ1n) is 4.98. The molecule has 2 N–H and O–H groups in total. The Bertz CT molecular complexity index is 376. The summed E-state index contributed by atoms with van der Waals surface area (Å²) < 4.78 is 5.20. The van der Waals surface area contributed by atoms with Gasteiger partial charge in [-0.2, -0.15) is 0 Å². The fourth-order valence-electron chi connectivity index (χ4n) is 1.74. The molecule has 1 aliphatic rings. The lowest BCUT2D eigenvalue weighted by atomic mass is 10.0. The van der Waals surface area contributed by atoms with Crippen LogP contribution in [0.15, 0.2) is 18.2 Å². The number of hydrogen-bond acceptors (Lipinski definition) is 3. The second-order valence-electron chi connectivity index (χ2n) is 3.50. The minimum Gasteiger partial charge on any atom is -0.480 e. The summed E-state index contributed by atoms with van der Waals surface area (Å²) in [5, 5.41) is 11.8. The van der Waals surface area contributed by atoms with Crippen molar-refractivity contribution < 1.29 is 14.6 Å². The molecule has 15 heavy (non-hydrogen) atoms. The molecule has 0 spiro atoms. The van der Waals surface area contributed by atoms with Crippen molar-refractivity contribution in [1.29, 1.82) is 0 Å². The van der Waals surface area contributed by atoms with Crippen molar-refractivity contribution >= 4 is 11.7 Å². The largest absolute Gasteiger partial charge is 0.480 e. The van der Waals surface area contributed by atoms with Gasteiger partial charge in [0.05, 0.1) is 5.69 Å². The Morgan fingerprint density at radius 1 is 1.53 bits per heavy atom. The normalized spacial score (nSPS) is 13.9. The second kappa shape index (κ2) is 4.21. The van der Waals surface area contributed by atoms with Crippen LogP contribution in [0.4, 0.5) is 5.69 Å². The molecule has 0 bridgehead atoms. The van der Waals surface area contributed by atoms with Gasteiger partial charge in [0.15, 0.2) is 6.61 Å². The Morgan fingerprint density at radius 2 is 2.40 bits per heavy atom. The van der Waals surface area contributed by atoms with E-state index in [0.29, 0.717) is 5.75 Å². The Labute approximate surface area is 87.9 Å². The molecular weight excluding hydrogens is 194 g/mol. The summed E-state index contributed by atoms with van der Waals surface area (Å²) in [5.41, 5.74) is 2.15. The molecule has 4 heteroatoms. The van der Waals surface area contributed by atoms with Gasteiger partial charge < -0.3 is 15.2 Å². The van der Waals surface area contributed by atoms with Gasteiger partial charge >= 0.3 is 5.97 Å². The predicted octanol–water partition coefficient (Wildman–Crippen LogP) is 1.51. The predicted molar refractivity (Wildman–Crippen MR) is 56.4 cm³/mol. The van der Waals surface area contributed by atoms with Gasteiger partial charge in [-0.25, -0.2) is 4.79 Å². The third-order valence-electron chi connectivity index (χ3n) is 2.39. The van der Waals surface area contributed by atoms with E-state index >= 15 is 0 Å². The van der Waals surface area contributed by atoms with Crippen molar-refractivity contribution in [3.63, 3.8) is 0 Å². The summed E-state index contributed by atoms with van der Waals surface area (Å²) in [6, 6.07) is 5.72. The molecule has 0 unspecified atom stereocenters. The summed E-state index contributed by atoms with van der Waals surface area (Å²) in [6.45, 7) is 0.624. The van der Waals surface area contributed by atoms with Crippen molar-refractivity contribution in [3.8, 4) is 5.75 Å². The lowest BCUT2D eigenvalue weighted by Crippen LogP contribution is -2.15. The van der Waals surface area contributed by atoms with E-state index in [1.807, 2.05) is 12.1 Å². The van der Waals surface area contributed by atoms with E-state index in [1.54, 1.807) is 6.07 Å². The zero-order valence-electron chi connectivity index (χ0n) is 8.32. The second-order valence-corrected chi connectivity index (χ2v) is 3.50. The molecule has 0 saturated heterocycles. The summed E-state index contributed by atoms with van der Waals surface area (Å²) in [4.78, 5) is 10.4. The molecule has 0 aromatic heterocycles. The van der Waals surface area contributed by atoms with Gasteiger partial charge in [0.25, 0.3) is 0 Å². The number of hydrogen-bond donors (Lipinski definition) is 2. The molecule has 4 nitrogen and oxygen atoms in total. The Morgan fingerprint density at radius 3 is 3.20 bits per heavy atom. The van der Waals surface area contributed by atoms with Crippen molar-refractivity contribution in [2.24, 2.45) is 0 Å². The first kappa shape index (κ1) is 9.83. The first-order valence-corrected chi connectivity index (χ1v) is 4.98. The van der Waals surface area contributed by atoms with E-state index < -0.39 is 5.97 Å². The fourth-order valence-corrected chi connectivity index (χ4v) is 1.74. The third-order valence-corrected chi connectivity index (χ3v) is 2.39. The van der Waals surface area contributed by atoms with E-state index in [9.17, 15) is 4.79 Å². The quantitative estimate of drug-likeness (QED) is 0.788. The fraction of sp³-hybridized carbons (Fsp3) is 0.364. The van der Waals surface area contributed by atoms with Gasteiger partial charge in [-0.05, 0) is 24.5 Å². The molecule has 1 aromatic rings. The molecule has 0 saturated carbocycles. The number of aliphatic carboxylic acids is 1. The average Bonchev–Trinajstić information content (AvgIpc) is 2.26. The number of carboxylic acid groups (broad SMARTS) is 1.